The van der Waals surface area contributed by atoms with E-state index in [4.69, 9.17) is 38.4 Å². The molecular weight excluding hydrogens is 557 g/mol. The second-order valence-electron chi connectivity index (χ2n) is 8.65. The molecule has 40 heavy (non-hydrogen) atoms. The monoisotopic (exact) mass is 583 g/mol. The molecule has 1 fully saturated rings. The molecule has 0 atom stereocenters. The number of carboxylic acid groups (broad SMARTS) is 1. The maximum absolute atomic E-state index is 11.4. The van der Waals surface area contributed by atoms with Crippen LogP contribution in [0.2, 0.25) is 10.0 Å². The molecule has 1 aliphatic rings. The summed E-state index contributed by atoms with van der Waals surface area (Å²) < 4.78 is 10.6. The Morgan fingerprint density at radius 1 is 0.925 bits per heavy atom. The molecule has 4 aromatic rings. The van der Waals surface area contributed by atoms with Crippen LogP contribution in [-0.4, -0.2) is 67.3 Å². The molecule has 1 aliphatic heterocycles. The molecule has 1 aromatic heterocycles. The number of benzene rings is 3. The lowest BCUT2D eigenvalue weighted by atomic mass is 10.00. The smallest absolute Gasteiger partial charge is 0.337 e. The van der Waals surface area contributed by atoms with E-state index >= 15 is 0 Å². The van der Waals surface area contributed by atoms with Crippen LogP contribution >= 0.6 is 23.2 Å². The lowest BCUT2D eigenvalue weighted by Crippen LogP contribution is -2.43. The van der Waals surface area contributed by atoms with Crippen LogP contribution in [0.3, 0.4) is 0 Å². The van der Waals surface area contributed by atoms with E-state index in [0.717, 1.165) is 31.9 Å². The first kappa shape index (κ1) is 28.9. The molecule has 0 aliphatic carbocycles. The fourth-order valence-electron chi connectivity index (χ4n) is 4.31. The van der Waals surface area contributed by atoms with Crippen LogP contribution in [0.1, 0.15) is 20.7 Å². The van der Waals surface area contributed by atoms with Gasteiger partial charge in [-0.05, 0) is 30.3 Å². The summed E-state index contributed by atoms with van der Waals surface area (Å²) >= 11 is 12.9. The molecule has 5 rings (SSSR count). The zero-order valence-corrected chi connectivity index (χ0v) is 23.3. The Kier molecular flexibility index (Phi) is 9.26. The summed E-state index contributed by atoms with van der Waals surface area (Å²) in [7, 11) is 2.95. The Hall–Kier alpha value is -4.12. The van der Waals surface area contributed by atoms with Crippen molar-refractivity contribution in [2.45, 2.75) is 0 Å². The minimum atomic E-state index is -1.10. The number of carbonyl (C=O) groups is 2. The molecule has 208 valence electrons. The molecule has 4 N–H and O–H groups in total. The van der Waals surface area contributed by atoms with Crippen molar-refractivity contribution in [1.82, 2.24) is 15.3 Å². The SMILES string of the molecule is COc1cc(OC)c(Cl)c(-c2ccc(C(=O)O)c3nccnc23)c1Cl.NC(=O)c1ccc(N2CCNCC2)cc1. The van der Waals surface area contributed by atoms with Gasteiger partial charge in [-0.3, -0.25) is 14.8 Å². The van der Waals surface area contributed by atoms with Gasteiger partial charge in [0.15, 0.2) is 0 Å². The fraction of sp³-hybridized carbons (Fsp3) is 0.214. The molecule has 3 aromatic carbocycles. The van der Waals surface area contributed by atoms with E-state index < -0.39 is 5.97 Å². The Morgan fingerprint density at radius 2 is 1.50 bits per heavy atom. The number of rotatable bonds is 6. The molecule has 1 amide bonds. The van der Waals surface area contributed by atoms with Crippen LogP contribution in [0, 0.1) is 0 Å². The summed E-state index contributed by atoms with van der Waals surface area (Å²) in [6, 6.07) is 12.1. The first-order chi connectivity index (χ1) is 19.3. The van der Waals surface area contributed by atoms with Crippen LogP contribution in [-0.2, 0) is 0 Å². The molecule has 1 saturated heterocycles. The second kappa shape index (κ2) is 12.8. The molecule has 0 saturated carbocycles. The number of halogens is 2. The Bertz CT molecular complexity index is 1510. The third-order valence-corrected chi connectivity index (χ3v) is 7.08. The highest BCUT2D eigenvalue weighted by Crippen LogP contribution is 2.47. The van der Waals surface area contributed by atoms with E-state index in [1.54, 1.807) is 24.3 Å². The van der Waals surface area contributed by atoms with E-state index in [9.17, 15) is 14.7 Å². The van der Waals surface area contributed by atoms with Crippen molar-refractivity contribution in [1.29, 1.82) is 0 Å². The van der Waals surface area contributed by atoms with Gasteiger partial charge in [0, 0.05) is 67.0 Å². The molecule has 0 bridgehead atoms. The summed E-state index contributed by atoms with van der Waals surface area (Å²) in [5.74, 6) is -0.728. The van der Waals surface area contributed by atoms with Crippen molar-refractivity contribution in [3.05, 3.63) is 76.0 Å². The summed E-state index contributed by atoms with van der Waals surface area (Å²) in [5, 5.41) is 13.2. The lowest BCUT2D eigenvalue weighted by Gasteiger charge is -2.29. The average molecular weight is 584 g/mol. The van der Waals surface area contributed by atoms with Crippen molar-refractivity contribution in [3.8, 4) is 22.6 Å². The van der Waals surface area contributed by atoms with Crippen molar-refractivity contribution < 1.29 is 24.2 Å². The van der Waals surface area contributed by atoms with E-state index in [-0.39, 0.29) is 27.0 Å². The average Bonchev–Trinajstić information content (AvgIpc) is 2.98. The van der Waals surface area contributed by atoms with Gasteiger partial charge >= 0.3 is 5.97 Å². The maximum Gasteiger partial charge on any atom is 0.337 e. The number of hydrogen-bond acceptors (Lipinski definition) is 8. The van der Waals surface area contributed by atoms with Crippen molar-refractivity contribution in [3.63, 3.8) is 0 Å². The topological polar surface area (TPSA) is 140 Å². The molecule has 0 spiro atoms. The van der Waals surface area contributed by atoms with Gasteiger partial charge in [-0.15, -0.1) is 0 Å². The van der Waals surface area contributed by atoms with Crippen molar-refractivity contribution in [2.75, 3.05) is 45.3 Å². The second-order valence-corrected chi connectivity index (χ2v) is 9.41. The number of aromatic nitrogens is 2. The summed E-state index contributed by atoms with van der Waals surface area (Å²) in [6.07, 6.45) is 2.89. The van der Waals surface area contributed by atoms with Gasteiger partial charge in [0.1, 0.15) is 17.0 Å². The highest BCUT2D eigenvalue weighted by Gasteiger charge is 2.23. The van der Waals surface area contributed by atoms with Crippen LogP contribution in [0.4, 0.5) is 5.69 Å². The minimum Gasteiger partial charge on any atom is -0.495 e. The fourth-order valence-corrected chi connectivity index (χ4v) is 5.02. The summed E-state index contributed by atoms with van der Waals surface area (Å²) in [5.41, 5.74) is 8.49. The summed E-state index contributed by atoms with van der Waals surface area (Å²) in [4.78, 5) is 33.0. The quantitative estimate of drug-likeness (QED) is 0.299. The van der Waals surface area contributed by atoms with Crippen LogP contribution in [0.25, 0.3) is 22.2 Å². The minimum absolute atomic E-state index is 0.0361. The van der Waals surface area contributed by atoms with Gasteiger partial charge in [-0.1, -0.05) is 29.3 Å². The third kappa shape index (κ3) is 6.04. The Labute approximate surface area is 240 Å². The number of hydrogen-bond donors (Lipinski definition) is 3. The number of anilines is 1. The third-order valence-electron chi connectivity index (χ3n) is 6.33. The van der Waals surface area contributed by atoms with Crippen LogP contribution in [0.15, 0.2) is 54.9 Å². The van der Waals surface area contributed by atoms with Gasteiger partial charge in [0.2, 0.25) is 5.91 Å². The number of piperazine rings is 1. The van der Waals surface area contributed by atoms with Crippen molar-refractivity contribution >= 4 is 51.8 Å². The highest BCUT2D eigenvalue weighted by molar-refractivity contribution is 6.41. The number of amides is 1. The number of nitrogens with zero attached hydrogens (tertiary/aromatic N) is 3. The normalized spacial score (nSPS) is 12.8. The number of methoxy groups -OCH3 is 2. The summed E-state index contributed by atoms with van der Waals surface area (Å²) in [6.45, 7) is 4.04. The lowest BCUT2D eigenvalue weighted by molar-refractivity contribution is 0.0698. The predicted molar refractivity (Wildman–Crippen MR) is 155 cm³/mol. The highest BCUT2D eigenvalue weighted by atomic mass is 35.5. The molecule has 10 nitrogen and oxygen atoms in total. The van der Waals surface area contributed by atoms with Gasteiger partial charge in [0.05, 0.1) is 35.3 Å². The standard InChI is InChI=1S/C17H12Cl2N2O4.C11H15N3O/c1-24-10-7-11(25-2)14(19)12(13(10)18)8-3-4-9(17(22)23)16-15(8)20-5-6-21-16;12-11(15)9-1-3-10(4-2-9)14-7-5-13-6-8-14/h3-7H,1-2H3,(H,22,23);1-4,13H,5-8H2,(H2,12,15). The number of primary amides is 1. The molecular formula is C28H27Cl2N5O5. The number of carboxylic acids is 1. The molecule has 12 heteroatoms. The predicted octanol–water partition coefficient (Wildman–Crippen LogP) is 4.51. The van der Waals surface area contributed by atoms with Gasteiger partial charge in [-0.2, -0.15) is 0 Å². The van der Waals surface area contributed by atoms with Gasteiger partial charge in [-0.25, -0.2) is 4.79 Å². The van der Waals surface area contributed by atoms with E-state index in [1.807, 2.05) is 12.1 Å². The number of aromatic carboxylic acids is 1. The number of carbonyl (C=O) groups excluding carboxylic acids is 1. The van der Waals surface area contributed by atoms with E-state index in [2.05, 4.69) is 20.2 Å². The largest absolute Gasteiger partial charge is 0.495 e. The Morgan fingerprint density at radius 3 is 2.02 bits per heavy atom. The van der Waals surface area contributed by atoms with Gasteiger partial charge in [0.25, 0.3) is 0 Å². The molecule has 2 heterocycles. The van der Waals surface area contributed by atoms with E-state index in [0.29, 0.717) is 33.7 Å². The zero-order chi connectivity index (χ0) is 28.8. The maximum atomic E-state index is 11.4. The number of nitrogens with two attached hydrogens (primary N) is 1. The Balaban J connectivity index is 0.000000210. The zero-order valence-electron chi connectivity index (χ0n) is 21.8. The number of nitrogens with one attached hydrogen (secondary N) is 1. The van der Waals surface area contributed by atoms with E-state index in [1.165, 1.54) is 32.7 Å². The first-order valence-corrected chi connectivity index (χ1v) is 12.9. The number of fused-ring (bicyclic) bond motifs is 1. The molecule has 0 unspecified atom stereocenters. The number of ether oxygens (including phenoxy) is 2. The van der Waals surface area contributed by atoms with Crippen LogP contribution < -0.4 is 25.4 Å². The molecule has 0 radical (unpaired) electrons. The van der Waals surface area contributed by atoms with Crippen LogP contribution in [0.5, 0.6) is 11.5 Å². The first-order valence-electron chi connectivity index (χ1n) is 12.2. The van der Waals surface area contributed by atoms with Crippen molar-refractivity contribution in [2.24, 2.45) is 5.73 Å². The van der Waals surface area contributed by atoms with Gasteiger partial charge < -0.3 is 30.5 Å².